The van der Waals surface area contributed by atoms with Gasteiger partial charge in [-0.05, 0) is 30.5 Å². The summed E-state index contributed by atoms with van der Waals surface area (Å²) >= 11 is 0. The van der Waals surface area contributed by atoms with Crippen LogP contribution in [0.2, 0.25) is 0 Å². The van der Waals surface area contributed by atoms with Crippen molar-refractivity contribution in [1.82, 2.24) is 5.32 Å². The largest absolute Gasteiger partial charge is 0.368 e. The number of anilines is 1. The third kappa shape index (κ3) is 3.63. The van der Waals surface area contributed by atoms with Crippen molar-refractivity contribution in [1.29, 1.82) is 0 Å². The number of piperidine rings is 1. The van der Waals surface area contributed by atoms with E-state index < -0.39 is 11.6 Å². The average Bonchev–Trinajstić information content (AvgIpc) is 2.54. The van der Waals surface area contributed by atoms with Crippen LogP contribution in [-0.4, -0.2) is 19.1 Å². The summed E-state index contributed by atoms with van der Waals surface area (Å²) in [7, 11) is 0. The SMILES string of the molecule is Fc1ccc(N2CCCC(NCc3ccccc3)C2)c(F)c1. The molecule has 0 spiro atoms. The van der Waals surface area contributed by atoms with Crippen molar-refractivity contribution in [2.45, 2.75) is 25.4 Å². The molecule has 22 heavy (non-hydrogen) atoms. The zero-order valence-corrected chi connectivity index (χ0v) is 12.4. The van der Waals surface area contributed by atoms with Crippen LogP contribution in [-0.2, 0) is 6.54 Å². The van der Waals surface area contributed by atoms with Crippen LogP contribution in [0.25, 0.3) is 0 Å². The lowest BCUT2D eigenvalue weighted by atomic mass is 10.0. The van der Waals surface area contributed by atoms with E-state index >= 15 is 0 Å². The van der Waals surface area contributed by atoms with Crippen molar-refractivity contribution in [2.75, 3.05) is 18.0 Å². The first-order valence-corrected chi connectivity index (χ1v) is 7.70. The topological polar surface area (TPSA) is 15.3 Å². The molecule has 1 N–H and O–H groups in total. The number of rotatable bonds is 4. The van der Waals surface area contributed by atoms with Crippen LogP contribution in [0, 0.1) is 11.6 Å². The van der Waals surface area contributed by atoms with Gasteiger partial charge in [0.15, 0.2) is 0 Å². The van der Waals surface area contributed by atoms with E-state index in [4.69, 9.17) is 0 Å². The standard InChI is InChI=1S/C18H20F2N2/c19-15-8-9-18(17(20)11-15)22-10-4-7-16(13-22)21-12-14-5-2-1-3-6-14/h1-3,5-6,8-9,11,16,21H,4,7,10,12-13H2. The summed E-state index contributed by atoms with van der Waals surface area (Å²) in [5.74, 6) is -1.01. The third-order valence-electron chi connectivity index (χ3n) is 4.11. The zero-order valence-electron chi connectivity index (χ0n) is 12.4. The summed E-state index contributed by atoms with van der Waals surface area (Å²) in [5, 5.41) is 3.53. The second-order valence-electron chi connectivity index (χ2n) is 5.75. The molecule has 0 aliphatic carbocycles. The Bertz CT molecular complexity index is 616. The lowest BCUT2D eigenvalue weighted by molar-refractivity contribution is 0.418. The summed E-state index contributed by atoms with van der Waals surface area (Å²) in [6.07, 6.45) is 2.08. The summed E-state index contributed by atoms with van der Waals surface area (Å²) < 4.78 is 26.9. The first-order valence-electron chi connectivity index (χ1n) is 7.70. The summed E-state index contributed by atoms with van der Waals surface area (Å²) in [6.45, 7) is 2.37. The number of nitrogens with zero attached hydrogens (tertiary/aromatic N) is 1. The first kappa shape index (κ1) is 15.0. The van der Waals surface area contributed by atoms with Crippen LogP contribution in [0.3, 0.4) is 0 Å². The highest BCUT2D eigenvalue weighted by Crippen LogP contribution is 2.24. The Balaban J connectivity index is 1.61. The molecule has 1 atom stereocenters. The Morgan fingerprint density at radius 1 is 1.09 bits per heavy atom. The highest BCUT2D eigenvalue weighted by molar-refractivity contribution is 5.48. The molecule has 0 aromatic heterocycles. The monoisotopic (exact) mass is 302 g/mol. The molecule has 0 radical (unpaired) electrons. The van der Waals surface area contributed by atoms with Gasteiger partial charge in [0.2, 0.25) is 0 Å². The van der Waals surface area contributed by atoms with Gasteiger partial charge < -0.3 is 10.2 Å². The quantitative estimate of drug-likeness (QED) is 0.926. The number of hydrogen-bond donors (Lipinski definition) is 1. The minimum absolute atomic E-state index is 0.318. The summed E-state index contributed by atoms with van der Waals surface area (Å²) in [6, 6.07) is 14.4. The molecule has 1 fully saturated rings. The second-order valence-corrected chi connectivity index (χ2v) is 5.75. The smallest absolute Gasteiger partial charge is 0.149 e. The van der Waals surface area contributed by atoms with Crippen molar-refractivity contribution < 1.29 is 8.78 Å². The Morgan fingerprint density at radius 2 is 1.91 bits per heavy atom. The Kier molecular flexibility index (Phi) is 4.68. The highest BCUT2D eigenvalue weighted by Gasteiger charge is 2.21. The lowest BCUT2D eigenvalue weighted by Gasteiger charge is -2.35. The van der Waals surface area contributed by atoms with Gasteiger partial charge in [0, 0.05) is 31.7 Å². The Hall–Kier alpha value is -1.94. The molecule has 1 unspecified atom stereocenters. The predicted molar refractivity (Wildman–Crippen MR) is 84.9 cm³/mol. The van der Waals surface area contributed by atoms with Gasteiger partial charge in [-0.3, -0.25) is 0 Å². The summed E-state index contributed by atoms with van der Waals surface area (Å²) in [5.41, 5.74) is 1.74. The van der Waals surface area contributed by atoms with Gasteiger partial charge in [0.25, 0.3) is 0 Å². The number of benzene rings is 2. The lowest BCUT2D eigenvalue weighted by Crippen LogP contribution is -2.45. The van der Waals surface area contributed by atoms with Crippen molar-refractivity contribution in [3.05, 3.63) is 65.7 Å². The zero-order chi connectivity index (χ0) is 15.4. The molecule has 0 saturated carbocycles. The number of hydrogen-bond acceptors (Lipinski definition) is 2. The molecule has 4 heteroatoms. The van der Waals surface area contributed by atoms with Crippen LogP contribution in [0.5, 0.6) is 0 Å². The molecule has 0 bridgehead atoms. The molecule has 1 aliphatic heterocycles. The minimum Gasteiger partial charge on any atom is -0.368 e. The van der Waals surface area contributed by atoms with Crippen molar-refractivity contribution in [3.8, 4) is 0 Å². The Labute approximate surface area is 129 Å². The molecule has 1 heterocycles. The normalized spacial score (nSPS) is 18.5. The first-order chi connectivity index (χ1) is 10.7. The molecule has 3 rings (SSSR count). The van der Waals surface area contributed by atoms with Crippen molar-refractivity contribution in [3.63, 3.8) is 0 Å². The maximum absolute atomic E-state index is 13.9. The predicted octanol–water partition coefficient (Wildman–Crippen LogP) is 3.72. The molecule has 0 amide bonds. The molecular formula is C18H20F2N2. The van der Waals surface area contributed by atoms with E-state index in [-0.39, 0.29) is 0 Å². The molecule has 1 aliphatic rings. The third-order valence-corrected chi connectivity index (χ3v) is 4.11. The van der Waals surface area contributed by atoms with Crippen LogP contribution >= 0.6 is 0 Å². The van der Waals surface area contributed by atoms with Gasteiger partial charge in [-0.15, -0.1) is 0 Å². The van der Waals surface area contributed by atoms with E-state index in [1.165, 1.54) is 17.7 Å². The van der Waals surface area contributed by atoms with Crippen molar-refractivity contribution in [2.24, 2.45) is 0 Å². The molecular weight excluding hydrogens is 282 g/mol. The molecule has 2 aromatic rings. The maximum Gasteiger partial charge on any atom is 0.149 e. The van der Waals surface area contributed by atoms with Crippen LogP contribution in [0.15, 0.2) is 48.5 Å². The van der Waals surface area contributed by atoms with Gasteiger partial charge in [-0.2, -0.15) is 0 Å². The van der Waals surface area contributed by atoms with E-state index in [0.717, 1.165) is 38.5 Å². The molecule has 1 saturated heterocycles. The van der Waals surface area contributed by atoms with Gasteiger partial charge in [0.1, 0.15) is 11.6 Å². The van der Waals surface area contributed by atoms with E-state index in [9.17, 15) is 8.78 Å². The molecule has 2 nitrogen and oxygen atoms in total. The van der Waals surface area contributed by atoms with Crippen LogP contribution in [0.1, 0.15) is 18.4 Å². The van der Waals surface area contributed by atoms with E-state index in [1.807, 2.05) is 23.1 Å². The van der Waals surface area contributed by atoms with Crippen LogP contribution in [0.4, 0.5) is 14.5 Å². The van der Waals surface area contributed by atoms with Gasteiger partial charge in [-0.25, -0.2) is 8.78 Å². The molecule has 116 valence electrons. The fourth-order valence-corrected chi connectivity index (χ4v) is 2.96. The van der Waals surface area contributed by atoms with E-state index in [1.54, 1.807) is 0 Å². The average molecular weight is 302 g/mol. The van der Waals surface area contributed by atoms with Gasteiger partial charge in [0.05, 0.1) is 5.69 Å². The van der Waals surface area contributed by atoms with Gasteiger partial charge in [-0.1, -0.05) is 30.3 Å². The summed E-state index contributed by atoms with van der Waals surface area (Å²) in [4.78, 5) is 2.00. The molecule has 2 aromatic carbocycles. The fraction of sp³-hybridized carbons (Fsp3) is 0.333. The van der Waals surface area contributed by atoms with E-state index in [0.29, 0.717) is 11.7 Å². The number of nitrogens with one attached hydrogen (secondary N) is 1. The van der Waals surface area contributed by atoms with Crippen molar-refractivity contribution >= 4 is 5.69 Å². The Morgan fingerprint density at radius 3 is 2.68 bits per heavy atom. The van der Waals surface area contributed by atoms with Crippen LogP contribution < -0.4 is 10.2 Å². The minimum atomic E-state index is -0.531. The highest BCUT2D eigenvalue weighted by atomic mass is 19.1. The van der Waals surface area contributed by atoms with Gasteiger partial charge >= 0.3 is 0 Å². The fourth-order valence-electron chi connectivity index (χ4n) is 2.96. The number of halogens is 2. The maximum atomic E-state index is 13.9. The van der Waals surface area contributed by atoms with E-state index in [2.05, 4.69) is 17.4 Å². The second kappa shape index (κ2) is 6.88.